The van der Waals surface area contributed by atoms with Gasteiger partial charge < -0.3 is 50.9 Å². The van der Waals surface area contributed by atoms with Crippen molar-refractivity contribution in [3.05, 3.63) is 0 Å². The average Bonchev–Trinajstić information content (AvgIpc) is 2.77. The van der Waals surface area contributed by atoms with Crippen LogP contribution in [0.1, 0.15) is 12.8 Å². The van der Waals surface area contributed by atoms with Gasteiger partial charge in [0, 0.05) is 64.0 Å². The molecule has 0 aromatic rings. The molecule has 3 N–H and O–H groups in total. The molecular formula is C15H40N2O9Si3. The van der Waals surface area contributed by atoms with Crippen molar-refractivity contribution < 1.29 is 39.8 Å². The lowest BCUT2D eigenvalue weighted by Crippen LogP contribution is -2.80. The molecule has 0 aliphatic rings. The normalized spacial score (nSPS) is 13.9. The molecule has 0 saturated heterocycles. The monoisotopic (exact) mass is 476 g/mol. The van der Waals surface area contributed by atoms with E-state index in [-0.39, 0.29) is 0 Å². The van der Waals surface area contributed by atoms with Crippen LogP contribution in [0.2, 0.25) is 4.28 Å². The summed E-state index contributed by atoms with van der Waals surface area (Å²) in [5, 5.41) is 3.36. The lowest BCUT2D eigenvalue weighted by Gasteiger charge is -2.53. The van der Waals surface area contributed by atoms with Crippen LogP contribution in [0.5, 0.6) is 0 Å². The first-order chi connectivity index (χ1) is 13.9. The van der Waals surface area contributed by atoms with Crippen LogP contribution in [0.3, 0.4) is 0 Å². The number of rotatable bonds is 18. The topological polar surface area (TPSA) is 121 Å². The molecule has 0 rings (SSSR count). The predicted octanol–water partition coefficient (Wildman–Crippen LogP) is -0.232. The molecule has 176 valence electrons. The van der Waals surface area contributed by atoms with Crippen molar-refractivity contribution in [1.82, 2.24) is 5.32 Å². The van der Waals surface area contributed by atoms with Gasteiger partial charge in [0.1, 0.15) is 0 Å². The number of hydrogen-bond acceptors (Lipinski definition) is 11. The summed E-state index contributed by atoms with van der Waals surface area (Å²) in [6.45, 7) is 1.84. The van der Waals surface area contributed by atoms with E-state index in [0.29, 0.717) is 19.5 Å². The molecule has 29 heavy (non-hydrogen) atoms. The maximum absolute atomic E-state index is 5.94. The third-order valence-electron chi connectivity index (χ3n) is 5.22. The minimum Gasteiger partial charge on any atom is -0.377 e. The molecule has 0 atom stereocenters. The van der Waals surface area contributed by atoms with E-state index >= 15 is 0 Å². The van der Waals surface area contributed by atoms with Crippen LogP contribution in [0.4, 0.5) is 0 Å². The van der Waals surface area contributed by atoms with E-state index in [9.17, 15) is 0 Å². The second-order valence-corrected chi connectivity index (χ2v) is 17.1. The van der Waals surface area contributed by atoms with Crippen molar-refractivity contribution in [3.8, 4) is 0 Å². The lowest BCUT2D eigenvalue weighted by atomic mass is 10.4. The van der Waals surface area contributed by atoms with Gasteiger partial charge in [0.2, 0.25) is 0 Å². The Hall–Kier alpha value is 0.211. The maximum Gasteiger partial charge on any atom is 0.516 e. The third-order valence-corrected chi connectivity index (χ3v) is 19.5. The minimum absolute atomic E-state index is 0.364. The molecule has 0 fully saturated rings. The smallest absolute Gasteiger partial charge is 0.377 e. The molecule has 0 amide bonds. The summed E-state index contributed by atoms with van der Waals surface area (Å²) in [6.07, 6.45) is 1.19. The SMILES string of the molecule is CO[Si](OC)(OC)C(CCNCCCN)([Si](OC)(OC)OC)[Si](OC)(OC)OC. The van der Waals surface area contributed by atoms with Gasteiger partial charge in [-0.15, -0.1) is 0 Å². The molecule has 0 aliphatic heterocycles. The van der Waals surface area contributed by atoms with Crippen molar-refractivity contribution in [2.24, 2.45) is 5.73 Å². The van der Waals surface area contributed by atoms with E-state index in [1.54, 1.807) is 0 Å². The highest BCUT2D eigenvalue weighted by molar-refractivity contribution is 7.02. The van der Waals surface area contributed by atoms with Gasteiger partial charge in [-0.25, -0.2) is 0 Å². The molecule has 11 nitrogen and oxygen atoms in total. The number of hydrogen-bond donors (Lipinski definition) is 2. The van der Waals surface area contributed by atoms with Gasteiger partial charge in [0.15, 0.2) is 4.28 Å². The summed E-state index contributed by atoms with van der Waals surface area (Å²) >= 11 is 0. The third kappa shape index (κ3) is 5.01. The molecule has 0 heterocycles. The van der Waals surface area contributed by atoms with E-state index in [2.05, 4.69) is 5.32 Å². The average molecular weight is 477 g/mol. The van der Waals surface area contributed by atoms with Crippen molar-refractivity contribution in [1.29, 1.82) is 0 Å². The van der Waals surface area contributed by atoms with Crippen molar-refractivity contribution in [2.45, 2.75) is 17.1 Å². The molecule has 0 spiro atoms. The highest BCUT2D eigenvalue weighted by Gasteiger charge is 2.88. The van der Waals surface area contributed by atoms with Crippen LogP contribution in [0.25, 0.3) is 0 Å². The number of nitrogens with one attached hydrogen (secondary N) is 1. The van der Waals surface area contributed by atoms with Gasteiger partial charge in [-0.05, 0) is 32.5 Å². The maximum atomic E-state index is 5.94. The highest BCUT2D eigenvalue weighted by Crippen LogP contribution is 2.57. The van der Waals surface area contributed by atoms with Crippen molar-refractivity contribution in [2.75, 3.05) is 83.6 Å². The van der Waals surface area contributed by atoms with E-state index in [1.807, 2.05) is 0 Å². The molecule has 0 saturated carbocycles. The summed E-state index contributed by atoms with van der Waals surface area (Å²) in [7, 11) is 2.63. The van der Waals surface area contributed by atoms with Gasteiger partial charge in [-0.1, -0.05) is 0 Å². The fourth-order valence-corrected chi connectivity index (χ4v) is 19.9. The standard InChI is InChI=1S/C15H40N2O9Si3/c1-18-27(19-2,20-3)15(11-14-17-13-10-12-16,28(21-4,22-5)23-6)29(24-7,25-8)26-9/h17H,10-14,16H2,1-9H3. The second-order valence-electron chi connectivity index (χ2n) is 6.05. The molecule has 0 unspecified atom stereocenters. The Balaban J connectivity index is 6.94. The Morgan fingerprint density at radius 1 is 0.586 bits per heavy atom. The zero-order chi connectivity index (χ0) is 22.6. The molecule has 14 heteroatoms. The van der Waals surface area contributed by atoms with E-state index in [0.717, 1.165) is 13.0 Å². The van der Waals surface area contributed by atoms with Gasteiger partial charge in [0.05, 0.1) is 0 Å². The van der Waals surface area contributed by atoms with Gasteiger partial charge >= 0.3 is 26.4 Å². The van der Waals surface area contributed by atoms with Crippen LogP contribution in [0, 0.1) is 0 Å². The Morgan fingerprint density at radius 2 is 0.897 bits per heavy atom. The fraction of sp³-hybridized carbons (Fsp3) is 1.00. The molecule has 0 bridgehead atoms. The zero-order valence-electron chi connectivity index (χ0n) is 19.3. The second kappa shape index (κ2) is 13.6. The summed E-state index contributed by atoms with van der Waals surface area (Å²) in [5.41, 5.74) is 5.60. The summed E-state index contributed by atoms with van der Waals surface area (Å²) in [6, 6.07) is 0. The number of nitrogens with two attached hydrogens (primary N) is 1. The van der Waals surface area contributed by atoms with Gasteiger partial charge in [0.25, 0.3) is 0 Å². The first-order valence-corrected chi connectivity index (χ1v) is 14.4. The molecule has 0 aromatic heterocycles. The Labute approximate surface area is 178 Å². The summed E-state index contributed by atoms with van der Waals surface area (Å²) in [4.78, 5) is 0. The van der Waals surface area contributed by atoms with Crippen LogP contribution < -0.4 is 11.1 Å². The highest BCUT2D eigenvalue weighted by atomic mass is 28.5. The summed E-state index contributed by atoms with van der Waals surface area (Å²) in [5.74, 6) is 0. The first kappa shape index (κ1) is 29.2. The fourth-order valence-electron chi connectivity index (χ4n) is 3.97. The van der Waals surface area contributed by atoms with Crippen molar-refractivity contribution in [3.63, 3.8) is 0 Å². The lowest BCUT2D eigenvalue weighted by molar-refractivity contribution is 0.0296. The Bertz CT molecular complexity index is 364. The van der Waals surface area contributed by atoms with E-state index in [4.69, 9.17) is 45.6 Å². The van der Waals surface area contributed by atoms with Crippen molar-refractivity contribution >= 4 is 26.4 Å². The van der Waals surface area contributed by atoms with Gasteiger partial charge in [-0.2, -0.15) is 0 Å². The van der Waals surface area contributed by atoms with E-state index < -0.39 is 30.7 Å². The molecular weight excluding hydrogens is 436 g/mol. The minimum atomic E-state index is -3.65. The van der Waals surface area contributed by atoms with Gasteiger partial charge in [-0.3, -0.25) is 0 Å². The van der Waals surface area contributed by atoms with Crippen LogP contribution in [-0.4, -0.2) is 110 Å². The van der Waals surface area contributed by atoms with Crippen LogP contribution in [-0.2, 0) is 39.8 Å². The van der Waals surface area contributed by atoms with Crippen LogP contribution >= 0.6 is 0 Å². The molecule has 0 aliphatic carbocycles. The Kier molecular flexibility index (Phi) is 13.7. The van der Waals surface area contributed by atoms with E-state index in [1.165, 1.54) is 64.0 Å². The predicted molar refractivity (Wildman–Crippen MR) is 114 cm³/mol. The molecule has 0 radical (unpaired) electrons. The largest absolute Gasteiger partial charge is 0.516 e. The summed E-state index contributed by atoms with van der Waals surface area (Å²) < 4.78 is 52.2. The first-order valence-electron chi connectivity index (χ1n) is 9.23. The Morgan fingerprint density at radius 3 is 1.14 bits per heavy atom. The molecule has 0 aromatic carbocycles. The zero-order valence-corrected chi connectivity index (χ0v) is 22.3. The quantitative estimate of drug-likeness (QED) is 0.201. The van der Waals surface area contributed by atoms with Crippen LogP contribution in [0.15, 0.2) is 0 Å².